The van der Waals surface area contributed by atoms with Gasteiger partial charge in [0, 0.05) is 39.6 Å². The lowest BCUT2D eigenvalue weighted by molar-refractivity contribution is -0.141. The SMILES string of the molecule is CCC(C(=O)NC(C)C)N(Cc1c(Cl)cccc1Cl)C(=O)CCc1ccccc1Cl. The summed E-state index contributed by atoms with van der Waals surface area (Å²) in [6.07, 6.45) is 1.17. The number of carbonyl (C=O) groups excluding carboxylic acids is 2. The Kier molecular flexibility index (Phi) is 9.47. The number of rotatable bonds is 9. The van der Waals surface area contributed by atoms with Crippen molar-refractivity contribution in [2.24, 2.45) is 0 Å². The van der Waals surface area contributed by atoms with Crippen molar-refractivity contribution in [3.8, 4) is 0 Å². The molecule has 4 nitrogen and oxygen atoms in total. The van der Waals surface area contributed by atoms with Crippen molar-refractivity contribution in [2.45, 2.75) is 58.7 Å². The molecule has 2 rings (SSSR count). The molecule has 0 aromatic heterocycles. The van der Waals surface area contributed by atoms with Crippen molar-refractivity contribution in [2.75, 3.05) is 0 Å². The first-order chi connectivity index (χ1) is 14.2. The van der Waals surface area contributed by atoms with E-state index in [1.807, 2.05) is 39.0 Å². The van der Waals surface area contributed by atoms with Crippen LogP contribution in [0.3, 0.4) is 0 Å². The number of aryl methyl sites for hydroxylation is 1. The number of amides is 2. The Morgan fingerprint density at radius 3 is 2.13 bits per heavy atom. The number of hydrogen-bond donors (Lipinski definition) is 1. The molecule has 1 N–H and O–H groups in total. The van der Waals surface area contributed by atoms with Gasteiger partial charge in [0.25, 0.3) is 0 Å². The second kappa shape index (κ2) is 11.6. The highest BCUT2D eigenvalue weighted by Gasteiger charge is 2.29. The van der Waals surface area contributed by atoms with Gasteiger partial charge in [-0.15, -0.1) is 0 Å². The Hall–Kier alpha value is -1.75. The van der Waals surface area contributed by atoms with Crippen LogP contribution in [-0.2, 0) is 22.6 Å². The quantitative estimate of drug-likeness (QED) is 0.496. The first-order valence-corrected chi connectivity index (χ1v) is 11.1. The molecular weight excluding hydrogens is 443 g/mol. The molecule has 7 heteroatoms. The summed E-state index contributed by atoms with van der Waals surface area (Å²) in [5, 5.41) is 4.45. The second-order valence-corrected chi connectivity index (χ2v) is 8.62. The molecule has 0 saturated heterocycles. The molecular formula is C23H27Cl3N2O2. The molecule has 1 atom stereocenters. The third kappa shape index (κ3) is 6.63. The van der Waals surface area contributed by atoms with E-state index in [-0.39, 0.29) is 30.8 Å². The van der Waals surface area contributed by atoms with E-state index in [0.29, 0.717) is 33.5 Å². The van der Waals surface area contributed by atoms with Gasteiger partial charge in [-0.25, -0.2) is 0 Å². The molecule has 30 heavy (non-hydrogen) atoms. The molecule has 0 radical (unpaired) electrons. The average molecular weight is 470 g/mol. The third-order valence-corrected chi connectivity index (χ3v) is 5.85. The fourth-order valence-electron chi connectivity index (χ4n) is 3.24. The Labute approximate surface area is 193 Å². The first kappa shape index (κ1) is 24.5. The van der Waals surface area contributed by atoms with Gasteiger partial charge in [0.1, 0.15) is 6.04 Å². The number of benzene rings is 2. The van der Waals surface area contributed by atoms with Crippen LogP contribution in [0.5, 0.6) is 0 Å². The molecule has 0 spiro atoms. The fraction of sp³-hybridized carbons (Fsp3) is 0.391. The van der Waals surface area contributed by atoms with Gasteiger partial charge in [-0.2, -0.15) is 0 Å². The zero-order valence-corrected chi connectivity index (χ0v) is 19.7. The van der Waals surface area contributed by atoms with Gasteiger partial charge in [-0.3, -0.25) is 9.59 Å². The summed E-state index contributed by atoms with van der Waals surface area (Å²) in [6.45, 7) is 5.81. The van der Waals surface area contributed by atoms with Crippen LogP contribution < -0.4 is 5.32 Å². The lowest BCUT2D eigenvalue weighted by Crippen LogP contribution is -2.50. The number of carbonyl (C=O) groups is 2. The van der Waals surface area contributed by atoms with Crippen molar-refractivity contribution in [1.82, 2.24) is 10.2 Å². The summed E-state index contributed by atoms with van der Waals surface area (Å²) in [4.78, 5) is 27.7. The summed E-state index contributed by atoms with van der Waals surface area (Å²) in [5.41, 5.74) is 1.52. The number of nitrogens with zero attached hydrogens (tertiary/aromatic N) is 1. The maximum Gasteiger partial charge on any atom is 0.243 e. The van der Waals surface area contributed by atoms with Crippen LogP contribution in [0.2, 0.25) is 15.1 Å². The van der Waals surface area contributed by atoms with E-state index in [9.17, 15) is 9.59 Å². The van der Waals surface area contributed by atoms with Crippen molar-refractivity contribution in [3.05, 3.63) is 68.7 Å². The van der Waals surface area contributed by atoms with E-state index in [4.69, 9.17) is 34.8 Å². The van der Waals surface area contributed by atoms with Gasteiger partial charge < -0.3 is 10.2 Å². The zero-order valence-electron chi connectivity index (χ0n) is 17.4. The molecule has 0 fully saturated rings. The molecule has 162 valence electrons. The number of halogens is 3. The van der Waals surface area contributed by atoms with Crippen LogP contribution in [0, 0.1) is 0 Å². The summed E-state index contributed by atoms with van der Waals surface area (Å²) in [5.74, 6) is -0.349. The van der Waals surface area contributed by atoms with E-state index >= 15 is 0 Å². The maximum atomic E-state index is 13.3. The molecule has 1 unspecified atom stereocenters. The van der Waals surface area contributed by atoms with E-state index in [1.54, 1.807) is 29.2 Å². The fourth-order valence-corrected chi connectivity index (χ4v) is 3.99. The molecule has 0 aliphatic carbocycles. The van der Waals surface area contributed by atoms with Crippen LogP contribution in [0.4, 0.5) is 0 Å². The van der Waals surface area contributed by atoms with E-state index < -0.39 is 6.04 Å². The predicted molar refractivity (Wildman–Crippen MR) is 124 cm³/mol. The van der Waals surface area contributed by atoms with E-state index in [2.05, 4.69) is 5.32 Å². The molecule has 0 bridgehead atoms. The van der Waals surface area contributed by atoms with Crippen LogP contribution in [0.15, 0.2) is 42.5 Å². The summed E-state index contributed by atoms with van der Waals surface area (Å²) in [7, 11) is 0. The van der Waals surface area contributed by atoms with Crippen LogP contribution in [-0.4, -0.2) is 28.8 Å². The minimum absolute atomic E-state index is 0.0319. The van der Waals surface area contributed by atoms with Crippen LogP contribution >= 0.6 is 34.8 Å². The second-order valence-electron chi connectivity index (χ2n) is 7.40. The lowest BCUT2D eigenvalue weighted by atomic mass is 10.1. The zero-order chi connectivity index (χ0) is 22.3. The number of nitrogens with one attached hydrogen (secondary N) is 1. The van der Waals surface area contributed by atoms with Gasteiger partial charge in [-0.05, 0) is 50.5 Å². The first-order valence-electron chi connectivity index (χ1n) is 10.0. The maximum absolute atomic E-state index is 13.3. The Balaban J connectivity index is 2.30. The minimum atomic E-state index is -0.626. The summed E-state index contributed by atoms with van der Waals surface area (Å²) >= 11 is 18.9. The van der Waals surface area contributed by atoms with Crippen LogP contribution in [0.25, 0.3) is 0 Å². The average Bonchev–Trinajstić information content (AvgIpc) is 2.68. The van der Waals surface area contributed by atoms with Crippen LogP contribution in [0.1, 0.15) is 44.7 Å². The lowest BCUT2D eigenvalue weighted by Gasteiger charge is -2.32. The van der Waals surface area contributed by atoms with Gasteiger partial charge in [0.2, 0.25) is 11.8 Å². The van der Waals surface area contributed by atoms with E-state index in [0.717, 1.165) is 5.56 Å². The molecule has 2 aromatic carbocycles. The Morgan fingerprint density at radius 1 is 0.967 bits per heavy atom. The molecule has 2 amide bonds. The molecule has 2 aromatic rings. The topological polar surface area (TPSA) is 49.4 Å². The highest BCUT2D eigenvalue weighted by Crippen LogP contribution is 2.27. The molecule has 0 aliphatic rings. The highest BCUT2D eigenvalue weighted by molar-refractivity contribution is 6.36. The highest BCUT2D eigenvalue weighted by atomic mass is 35.5. The summed E-state index contributed by atoms with van der Waals surface area (Å²) < 4.78 is 0. The van der Waals surface area contributed by atoms with Crippen molar-refractivity contribution >= 4 is 46.6 Å². The molecule has 0 aliphatic heterocycles. The summed E-state index contributed by atoms with van der Waals surface area (Å²) in [6, 6.07) is 12.0. The predicted octanol–water partition coefficient (Wildman–Crippen LogP) is 5.91. The van der Waals surface area contributed by atoms with Gasteiger partial charge >= 0.3 is 0 Å². The molecule has 0 heterocycles. The van der Waals surface area contributed by atoms with Crippen molar-refractivity contribution in [3.63, 3.8) is 0 Å². The largest absolute Gasteiger partial charge is 0.352 e. The third-order valence-electron chi connectivity index (χ3n) is 4.77. The minimum Gasteiger partial charge on any atom is -0.352 e. The standard InChI is InChI=1S/C23H27Cl3N2O2/c1-4-21(23(30)27-15(2)3)28(14-17-19(25)10-7-11-20(17)26)22(29)13-12-16-8-5-6-9-18(16)24/h5-11,15,21H,4,12-14H2,1-3H3,(H,27,30). The van der Waals surface area contributed by atoms with Gasteiger partial charge in [0.05, 0.1) is 0 Å². The Morgan fingerprint density at radius 2 is 1.57 bits per heavy atom. The smallest absolute Gasteiger partial charge is 0.243 e. The molecule has 0 saturated carbocycles. The monoisotopic (exact) mass is 468 g/mol. The Bertz CT molecular complexity index is 866. The van der Waals surface area contributed by atoms with Gasteiger partial charge in [-0.1, -0.05) is 66.0 Å². The normalized spacial score (nSPS) is 12.0. The van der Waals surface area contributed by atoms with Gasteiger partial charge in [0.15, 0.2) is 0 Å². The number of hydrogen-bond acceptors (Lipinski definition) is 2. The van der Waals surface area contributed by atoms with Crippen molar-refractivity contribution < 1.29 is 9.59 Å². The van der Waals surface area contributed by atoms with E-state index in [1.165, 1.54) is 0 Å². The van der Waals surface area contributed by atoms with Crippen molar-refractivity contribution in [1.29, 1.82) is 0 Å².